The van der Waals surface area contributed by atoms with Crippen molar-refractivity contribution in [1.29, 1.82) is 0 Å². The van der Waals surface area contributed by atoms with Crippen molar-refractivity contribution in [2.24, 2.45) is 0 Å². The van der Waals surface area contributed by atoms with Crippen LogP contribution in [0.15, 0.2) is 40.9 Å². The van der Waals surface area contributed by atoms with Gasteiger partial charge in [0, 0.05) is 19.5 Å². The minimum Gasteiger partial charge on any atom is -0.388 e. The zero-order valence-corrected chi connectivity index (χ0v) is 14.2. The maximum atomic E-state index is 13.0. The van der Waals surface area contributed by atoms with Gasteiger partial charge in [0.25, 0.3) is 0 Å². The molecule has 0 saturated heterocycles. The van der Waals surface area contributed by atoms with Gasteiger partial charge >= 0.3 is 0 Å². The highest BCUT2D eigenvalue weighted by Crippen LogP contribution is 2.28. The molecular formula is C14H10BrClFIO. The van der Waals surface area contributed by atoms with Gasteiger partial charge in [0.15, 0.2) is 0 Å². The van der Waals surface area contributed by atoms with Gasteiger partial charge < -0.3 is 5.11 Å². The van der Waals surface area contributed by atoms with Crippen LogP contribution in [0.2, 0.25) is 5.02 Å². The Balaban J connectivity index is 2.25. The number of rotatable bonds is 3. The van der Waals surface area contributed by atoms with Crippen LogP contribution >= 0.6 is 50.1 Å². The van der Waals surface area contributed by atoms with Crippen molar-refractivity contribution in [2.45, 2.75) is 12.5 Å². The molecule has 0 radical (unpaired) electrons. The summed E-state index contributed by atoms with van der Waals surface area (Å²) in [7, 11) is 0. The number of benzene rings is 2. The molecule has 0 aliphatic rings. The molecule has 0 aliphatic heterocycles. The largest absolute Gasteiger partial charge is 0.388 e. The molecule has 100 valence electrons. The van der Waals surface area contributed by atoms with Crippen LogP contribution in [0.25, 0.3) is 0 Å². The topological polar surface area (TPSA) is 20.2 Å². The van der Waals surface area contributed by atoms with Crippen LogP contribution in [0.3, 0.4) is 0 Å². The van der Waals surface area contributed by atoms with E-state index < -0.39 is 6.10 Å². The molecule has 0 aromatic heterocycles. The summed E-state index contributed by atoms with van der Waals surface area (Å²) < 4.78 is 14.9. The summed E-state index contributed by atoms with van der Waals surface area (Å²) in [5.41, 5.74) is 1.56. The third kappa shape index (κ3) is 3.90. The number of hydrogen-bond acceptors (Lipinski definition) is 1. The quantitative estimate of drug-likeness (QED) is 0.637. The molecule has 2 aromatic carbocycles. The van der Waals surface area contributed by atoms with Gasteiger partial charge in [-0.1, -0.05) is 33.6 Å². The van der Waals surface area contributed by atoms with E-state index in [0.29, 0.717) is 11.4 Å². The van der Waals surface area contributed by atoms with Gasteiger partial charge in [-0.05, 0) is 64.0 Å². The van der Waals surface area contributed by atoms with E-state index in [1.807, 2.05) is 18.2 Å². The second-order valence-corrected chi connectivity index (χ2v) is 6.61. The second kappa shape index (κ2) is 6.52. The van der Waals surface area contributed by atoms with Crippen LogP contribution in [0.1, 0.15) is 17.2 Å². The lowest BCUT2D eigenvalue weighted by Crippen LogP contribution is -2.04. The van der Waals surface area contributed by atoms with Gasteiger partial charge in [0.05, 0.1) is 6.10 Å². The van der Waals surface area contributed by atoms with Gasteiger partial charge in [-0.2, -0.15) is 0 Å². The average Bonchev–Trinajstić information content (AvgIpc) is 2.35. The van der Waals surface area contributed by atoms with E-state index in [2.05, 4.69) is 38.5 Å². The Morgan fingerprint density at radius 3 is 2.68 bits per heavy atom. The molecule has 0 spiro atoms. The molecule has 0 fully saturated rings. The Kier molecular flexibility index (Phi) is 5.22. The highest BCUT2D eigenvalue weighted by Gasteiger charge is 2.14. The van der Waals surface area contributed by atoms with Gasteiger partial charge in [-0.25, -0.2) is 4.39 Å². The minimum absolute atomic E-state index is 0.337. The van der Waals surface area contributed by atoms with Crippen molar-refractivity contribution in [2.75, 3.05) is 0 Å². The predicted octanol–water partition coefficient (Wildman–Crippen LogP) is 5.12. The first kappa shape index (κ1) is 15.2. The SMILES string of the molecule is OC(Cc1ccc(F)cc1Cl)c1cc(Br)ccc1I. The van der Waals surface area contributed by atoms with Crippen molar-refractivity contribution in [1.82, 2.24) is 0 Å². The normalized spacial score (nSPS) is 12.5. The number of aliphatic hydroxyl groups is 1. The number of aliphatic hydroxyl groups excluding tert-OH is 1. The van der Waals surface area contributed by atoms with E-state index >= 15 is 0 Å². The number of hydrogen-bond donors (Lipinski definition) is 1. The van der Waals surface area contributed by atoms with Gasteiger partial charge in [-0.15, -0.1) is 0 Å². The first-order valence-corrected chi connectivity index (χ1v) is 7.79. The van der Waals surface area contributed by atoms with Crippen LogP contribution in [0.5, 0.6) is 0 Å². The first-order valence-electron chi connectivity index (χ1n) is 5.54. The first-order chi connectivity index (χ1) is 8.97. The van der Waals surface area contributed by atoms with E-state index in [1.165, 1.54) is 12.1 Å². The van der Waals surface area contributed by atoms with Gasteiger partial charge in [-0.3, -0.25) is 0 Å². The van der Waals surface area contributed by atoms with Crippen molar-refractivity contribution in [3.8, 4) is 0 Å². The monoisotopic (exact) mass is 454 g/mol. The van der Waals surface area contributed by atoms with Crippen LogP contribution in [0.4, 0.5) is 4.39 Å². The molecule has 1 nitrogen and oxygen atoms in total. The van der Waals surface area contributed by atoms with E-state index in [4.69, 9.17) is 11.6 Å². The van der Waals surface area contributed by atoms with Gasteiger partial charge in [0.1, 0.15) is 5.82 Å². The smallest absolute Gasteiger partial charge is 0.124 e. The maximum Gasteiger partial charge on any atom is 0.124 e. The van der Waals surface area contributed by atoms with Crippen LogP contribution in [0, 0.1) is 9.39 Å². The lowest BCUT2D eigenvalue weighted by atomic mass is 10.0. The van der Waals surface area contributed by atoms with E-state index in [1.54, 1.807) is 6.07 Å². The summed E-state index contributed by atoms with van der Waals surface area (Å²) >= 11 is 11.5. The lowest BCUT2D eigenvalue weighted by Gasteiger charge is -2.14. The van der Waals surface area contributed by atoms with E-state index in [-0.39, 0.29) is 5.82 Å². The van der Waals surface area contributed by atoms with Crippen molar-refractivity contribution in [3.63, 3.8) is 0 Å². The summed E-state index contributed by atoms with van der Waals surface area (Å²) in [5, 5.41) is 10.6. The standard InChI is InChI=1S/C14H10BrClFIO/c15-9-2-4-13(18)11(6-9)14(19)5-8-1-3-10(17)7-12(8)16/h1-4,6-7,14,19H,5H2. The fourth-order valence-electron chi connectivity index (χ4n) is 1.78. The highest BCUT2D eigenvalue weighted by atomic mass is 127. The molecule has 0 heterocycles. The zero-order chi connectivity index (χ0) is 14.0. The summed E-state index contributed by atoms with van der Waals surface area (Å²) in [5.74, 6) is -0.375. The molecular weight excluding hydrogens is 445 g/mol. The van der Waals surface area contributed by atoms with E-state index in [9.17, 15) is 9.50 Å². The Bertz CT molecular complexity index is 606. The Hall–Kier alpha value is -0.170. The predicted molar refractivity (Wildman–Crippen MR) is 86.9 cm³/mol. The molecule has 0 bridgehead atoms. The fraction of sp³-hybridized carbons (Fsp3) is 0.143. The minimum atomic E-state index is -0.674. The summed E-state index contributed by atoms with van der Waals surface area (Å²) in [6, 6.07) is 9.93. The molecule has 2 aromatic rings. The average molecular weight is 455 g/mol. The van der Waals surface area contributed by atoms with Crippen LogP contribution in [-0.2, 0) is 6.42 Å². The van der Waals surface area contributed by atoms with Crippen molar-refractivity contribution < 1.29 is 9.50 Å². The number of halogens is 4. The molecule has 1 unspecified atom stereocenters. The van der Waals surface area contributed by atoms with E-state index in [0.717, 1.165) is 19.2 Å². The summed E-state index contributed by atoms with van der Waals surface area (Å²) in [6.45, 7) is 0. The molecule has 0 saturated carbocycles. The molecule has 5 heteroatoms. The summed E-state index contributed by atoms with van der Waals surface area (Å²) in [6.07, 6.45) is -0.321. The fourth-order valence-corrected chi connectivity index (χ4v) is 3.09. The highest BCUT2D eigenvalue weighted by molar-refractivity contribution is 14.1. The van der Waals surface area contributed by atoms with Crippen molar-refractivity contribution in [3.05, 3.63) is 66.4 Å². The third-order valence-corrected chi connectivity index (χ3v) is 4.57. The Morgan fingerprint density at radius 1 is 1.26 bits per heavy atom. The van der Waals surface area contributed by atoms with Gasteiger partial charge in [0.2, 0.25) is 0 Å². The Morgan fingerprint density at radius 2 is 2.00 bits per heavy atom. The second-order valence-electron chi connectivity index (χ2n) is 4.12. The van der Waals surface area contributed by atoms with Crippen LogP contribution < -0.4 is 0 Å². The summed E-state index contributed by atoms with van der Waals surface area (Å²) in [4.78, 5) is 0. The molecule has 19 heavy (non-hydrogen) atoms. The molecule has 0 aliphatic carbocycles. The molecule has 2 rings (SSSR count). The van der Waals surface area contributed by atoms with Crippen molar-refractivity contribution >= 4 is 50.1 Å². The molecule has 0 amide bonds. The molecule has 1 N–H and O–H groups in total. The third-order valence-electron chi connectivity index (χ3n) is 2.75. The van der Waals surface area contributed by atoms with Crippen LogP contribution in [-0.4, -0.2) is 5.11 Å². The molecule has 1 atom stereocenters. The Labute approximate surface area is 138 Å². The zero-order valence-electron chi connectivity index (χ0n) is 9.71. The maximum absolute atomic E-state index is 13.0. The lowest BCUT2D eigenvalue weighted by molar-refractivity contribution is 0.177.